The maximum Gasteiger partial charge on any atom is 0.163 e. The highest BCUT2D eigenvalue weighted by Crippen LogP contribution is 2.32. The number of methoxy groups -OCH3 is 2. The number of ether oxygens (including phenoxy) is 2. The van der Waals surface area contributed by atoms with Gasteiger partial charge in [0.2, 0.25) is 0 Å². The topological polar surface area (TPSA) is 44.5 Å². The average Bonchev–Trinajstić information content (AvgIpc) is 2.17. The van der Waals surface area contributed by atoms with Crippen molar-refractivity contribution < 1.29 is 9.47 Å². The van der Waals surface area contributed by atoms with Crippen LogP contribution in [-0.4, -0.2) is 20.8 Å². The lowest BCUT2D eigenvalue weighted by Crippen LogP contribution is -2.05. The molecule has 0 amide bonds. The van der Waals surface area contributed by atoms with Crippen molar-refractivity contribution in [2.45, 2.75) is 13.3 Å². The van der Waals surface area contributed by atoms with Gasteiger partial charge in [0.25, 0.3) is 0 Å². The summed E-state index contributed by atoms with van der Waals surface area (Å²) in [5, 5.41) is 0. The van der Waals surface area contributed by atoms with Crippen molar-refractivity contribution in [2.24, 2.45) is 5.73 Å². The summed E-state index contributed by atoms with van der Waals surface area (Å²) in [7, 11) is 3.29. The van der Waals surface area contributed by atoms with Crippen LogP contribution in [0, 0.1) is 6.92 Å². The van der Waals surface area contributed by atoms with E-state index in [2.05, 4.69) is 6.07 Å². The number of benzene rings is 1. The van der Waals surface area contributed by atoms with Crippen LogP contribution in [0.1, 0.15) is 11.1 Å². The Hall–Kier alpha value is -1.22. The number of rotatable bonds is 4. The maximum atomic E-state index is 5.53. The normalized spacial score (nSPS) is 10.0. The maximum absolute atomic E-state index is 5.53. The van der Waals surface area contributed by atoms with E-state index >= 15 is 0 Å². The van der Waals surface area contributed by atoms with E-state index in [9.17, 15) is 0 Å². The van der Waals surface area contributed by atoms with Gasteiger partial charge < -0.3 is 15.2 Å². The first-order valence-electron chi connectivity index (χ1n) is 4.64. The summed E-state index contributed by atoms with van der Waals surface area (Å²) in [5.41, 5.74) is 7.79. The van der Waals surface area contributed by atoms with Crippen molar-refractivity contribution >= 4 is 0 Å². The van der Waals surface area contributed by atoms with Gasteiger partial charge in [-0.05, 0) is 37.1 Å². The Labute approximate surface area is 84.8 Å². The first-order valence-corrected chi connectivity index (χ1v) is 4.64. The number of hydrogen-bond donors (Lipinski definition) is 1. The minimum Gasteiger partial charge on any atom is -0.493 e. The van der Waals surface area contributed by atoms with Crippen LogP contribution in [0.4, 0.5) is 0 Å². The summed E-state index contributed by atoms with van der Waals surface area (Å²) in [5.74, 6) is 1.57. The third-order valence-corrected chi connectivity index (χ3v) is 2.11. The zero-order valence-corrected chi connectivity index (χ0v) is 8.96. The molecule has 0 aliphatic heterocycles. The lowest BCUT2D eigenvalue weighted by Gasteiger charge is -2.13. The molecule has 0 bridgehead atoms. The molecule has 0 saturated heterocycles. The monoisotopic (exact) mass is 195 g/mol. The van der Waals surface area contributed by atoms with Gasteiger partial charge in [-0.3, -0.25) is 0 Å². The van der Waals surface area contributed by atoms with E-state index in [0.717, 1.165) is 29.0 Å². The Morgan fingerprint density at radius 2 is 1.93 bits per heavy atom. The molecule has 0 saturated carbocycles. The first-order chi connectivity index (χ1) is 6.72. The van der Waals surface area contributed by atoms with Crippen molar-refractivity contribution in [3.63, 3.8) is 0 Å². The second-order valence-electron chi connectivity index (χ2n) is 3.20. The van der Waals surface area contributed by atoms with E-state index in [0.29, 0.717) is 6.54 Å². The van der Waals surface area contributed by atoms with E-state index in [1.165, 1.54) is 0 Å². The van der Waals surface area contributed by atoms with Crippen LogP contribution in [0.3, 0.4) is 0 Å². The third kappa shape index (κ3) is 2.17. The zero-order valence-electron chi connectivity index (χ0n) is 8.96. The summed E-state index contributed by atoms with van der Waals surface area (Å²) < 4.78 is 10.5. The second kappa shape index (κ2) is 4.86. The highest BCUT2D eigenvalue weighted by molar-refractivity contribution is 5.49. The SMILES string of the molecule is COc1cc(C)cc(CCN)c1OC. The number of aryl methyl sites for hydroxylation is 1. The first kappa shape index (κ1) is 10.9. The van der Waals surface area contributed by atoms with Crippen LogP contribution in [0.5, 0.6) is 11.5 Å². The van der Waals surface area contributed by atoms with Crippen LogP contribution >= 0.6 is 0 Å². The Bertz CT molecular complexity index is 310. The molecular weight excluding hydrogens is 178 g/mol. The van der Waals surface area contributed by atoms with Gasteiger partial charge in [0.15, 0.2) is 11.5 Å². The van der Waals surface area contributed by atoms with Crippen LogP contribution in [0.25, 0.3) is 0 Å². The van der Waals surface area contributed by atoms with Gasteiger partial charge in [-0.15, -0.1) is 0 Å². The molecule has 0 fully saturated rings. The molecule has 3 nitrogen and oxygen atoms in total. The minimum absolute atomic E-state index is 0.614. The van der Waals surface area contributed by atoms with E-state index in [4.69, 9.17) is 15.2 Å². The predicted octanol–water partition coefficient (Wildman–Crippen LogP) is 1.51. The van der Waals surface area contributed by atoms with Gasteiger partial charge in [0.1, 0.15) is 0 Å². The summed E-state index contributed by atoms with van der Waals surface area (Å²) in [4.78, 5) is 0. The van der Waals surface area contributed by atoms with Gasteiger partial charge in [0.05, 0.1) is 14.2 Å². The van der Waals surface area contributed by atoms with Crippen molar-refractivity contribution in [2.75, 3.05) is 20.8 Å². The smallest absolute Gasteiger partial charge is 0.163 e. The Morgan fingerprint density at radius 3 is 2.43 bits per heavy atom. The van der Waals surface area contributed by atoms with Gasteiger partial charge in [0, 0.05) is 0 Å². The Balaban J connectivity index is 3.17. The molecule has 1 rings (SSSR count). The zero-order chi connectivity index (χ0) is 10.6. The van der Waals surface area contributed by atoms with Gasteiger partial charge >= 0.3 is 0 Å². The molecule has 2 N–H and O–H groups in total. The lowest BCUT2D eigenvalue weighted by molar-refractivity contribution is 0.351. The molecule has 0 atom stereocenters. The van der Waals surface area contributed by atoms with Crippen molar-refractivity contribution in [3.05, 3.63) is 23.3 Å². The summed E-state index contributed by atoms with van der Waals surface area (Å²) in [6.07, 6.45) is 0.807. The largest absolute Gasteiger partial charge is 0.493 e. The van der Waals surface area contributed by atoms with Gasteiger partial charge in [-0.1, -0.05) is 6.07 Å². The Morgan fingerprint density at radius 1 is 1.21 bits per heavy atom. The quantitative estimate of drug-likeness (QED) is 0.792. The summed E-state index contributed by atoms with van der Waals surface area (Å²) >= 11 is 0. The van der Waals surface area contributed by atoms with Crippen molar-refractivity contribution in [3.8, 4) is 11.5 Å². The van der Waals surface area contributed by atoms with E-state index in [1.807, 2.05) is 13.0 Å². The molecule has 0 aliphatic carbocycles. The Kier molecular flexibility index (Phi) is 3.77. The molecule has 0 spiro atoms. The van der Waals surface area contributed by atoms with Crippen LogP contribution in [0.2, 0.25) is 0 Å². The van der Waals surface area contributed by atoms with E-state index in [-0.39, 0.29) is 0 Å². The van der Waals surface area contributed by atoms with Crippen LogP contribution < -0.4 is 15.2 Å². The van der Waals surface area contributed by atoms with Gasteiger partial charge in [-0.25, -0.2) is 0 Å². The van der Waals surface area contributed by atoms with E-state index in [1.54, 1.807) is 14.2 Å². The van der Waals surface area contributed by atoms with Crippen molar-refractivity contribution in [1.82, 2.24) is 0 Å². The highest BCUT2D eigenvalue weighted by Gasteiger charge is 2.09. The van der Waals surface area contributed by atoms with Crippen LogP contribution in [0.15, 0.2) is 12.1 Å². The summed E-state index contributed by atoms with van der Waals surface area (Å²) in [6.45, 7) is 2.64. The molecule has 0 unspecified atom stereocenters. The molecule has 14 heavy (non-hydrogen) atoms. The molecule has 1 aromatic carbocycles. The molecule has 0 aromatic heterocycles. The molecular formula is C11H17NO2. The van der Waals surface area contributed by atoms with E-state index < -0.39 is 0 Å². The molecule has 0 radical (unpaired) electrons. The molecule has 0 heterocycles. The number of hydrogen-bond acceptors (Lipinski definition) is 3. The highest BCUT2D eigenvalue weighted by atomic mass is 16.5. The fourth-order valence-corrected chi connectivity index (χ4v) is 1.54. The molecule has 78 valence electrons. The third-order valence-electron chi connectivity index (χ3n) is 2.11. The second-order valence-corrected chi connectivity index (χ2v) is 3.20. The van der Waals surface area contributed by atoms with Crippen LogP contribution in [-0.2, 0) is 6.42 Å². The lowest BCUT2D eigenvalue weighted by atomic mass is 10.1. The summed E-state index contributed by atoms with van der Waals surface area (Å²) in [6, 6.07) is 4.03. The minimum atomic E-state index is 0.614. The average molecular weight is 195 g/mol. The molecule has 1 aromatic rings. The molecule has 3 heteroatoms. The van der Waals surface area contributed by atoms with Crippen molar-refractivity contribution in [1.29, 1.82) is 0 Å². The van der Waals surface area contributed by atoms with Gasteiger partial charge in [-0.2, -0.15) is 0 Å². The fourth-order valence-electron chi connectivity index (χ4n) is 1.54. The predicted molar refractivity (Wildman–Crippen MR) is 57.0 cm³/mol. The fraction of sp³-hybridized carbons (Fsp3) is 0.455. The standard InChI is InChI=1S/C11H17NO2/c1-8-6-9(4-5-12)11(14-3)10(7-8)13-2/h6-7H,4-5,12H2,1-3H3. The molecule has 0 aliphatic rings. The number of nitrogens with two attached hydrogens (primary N) is 1.